The lowest BCUT2D eigenvalue weighted by Gasteiger charge is -2.18. The van der Waals surface area contributed by atoms with E-state index in [2.05, 4.69) is 0 Å². The van der Waals surface area contributed by atoms with Crippen molar-refractivity contribution in [1.82, 2.24) is 4.90 Å². The van der Waals surface area contributed by atoms with Crippen molar-refractivity contribution >= 4 is 17.5 Å². The Morgan fingerprint density at radius 3 is 2.92 bits per heavy atom. The van der Waals surface area contributed by atoms with Crippen molar-refractivity contribution in [3.63, 3.8) is 0 Å². The Labute approximate surface area is 83.0 Å². The lowest BCUT2D eigenvalue weighted by atomic mass is 10.1. The summed E-state index contributed by atoms with van der Waals surface area (Å²) in [6.45, 7) is 2.75. The van der Waals surface area contributed by atoms with E-state index >= 15 is 0 Å². The van der Waals surface area contributed by atoms with Crippen LogP contribution in [0.4, 0.5) is 4.39 Å². The van der Waals surface area contributed by atoms with Gasteiger partial charge in [-0.3, -0.25) is 9.18 Å². The lowest BCUT2D eigenvalue weighted by Crippen LogP contribution is -2.34. The van der Waals surface area contributed by atoms with Crippen LogP contribution in [-0.2, 0) is 4.79 Å². The van der Waals surface area contributed by atoms with Crippen LogP contribution < -0.4 is 0 Å². The quantitative estimate of drug-likeness (QED) is 0.647. The average molecular weight is 208 g/mol. The molecule has 4 heteroatoms. The molecule has 13 heavy (non-hydrogen) atoms. The SMILES string of the molecule is CC[C@@H](Cl)C(=O)N1CC[C@H](CF)C1. The molecule has 2 atom stereocenters. The predicted octanol–water partition coefficient (Wildman–Crippen LogP) is 1.82. The number of rotatable bonds is 3. The molecule has 1 rings (SSSR count). The second-order valence-electron chi connectivity index (χ2n) is 3.47. The van der Waals surface area contributed by atoms with Crippen LogP contribution in [0, 0.1) is 5.92 Å². The number of alkyl halides is 2. The van der Waals surface area contributed by atoms with Gasteiger partial charge >= 0.3 is 0 Å². The third-order valence-corrected chi connectivity index (χ3v) is 2.94. The Balaban J connectivity index is 2.41. The third kappa shape index (κ3) is 2.56. The molecule has 1 heterocycles. The fourth-order valence-corrected chi connectivity index (χ4v) is 1.67. The zero-order valence-electron chi connectivity index (χ0n) is 7.80. The normalized spacial score (nSPS) is 24.8. The van der Waals surface area contributed by atoms with Crippen LogP contribution in [0.15, 0.2) is 0 Å². The number of hydrogen-bond donors (Lipinski definition) is 0. The smallest absolute Gasteiger partial charge is 0.240 e. The molecule has 1 aliphatic heterocycles. The number of amides is 1. The average Bonchev–Trinajstić information content (AvgIpc) is 2.63. The summed E-state index contributed by atoms with van der Waals surface area (Å²) >= 11 is 5.80. The van der Waals surface area contributed by atoms with Crippen LogP contribution in [0.1, 0.15) is 19.8 Å². The van der Waals surface area contributed by atoms with E-state index in [1.807, 2.05) is 6.92 Å². The number of carbonyl (C=O) groups is 1. The van der Waals surface area contributed by atoms with E-state index in [0.717, 1.165) is 6.42 Å². The highest BCUT2D eigenvalue weighted by atomic mass is 35.5. The molecule has 76 valence electrons. The summed E-state index contributed by atoms with van der Waals surface area (Å²) in [5, 5.41) is -0.432. The fourth-order valence-electron chi connectivity index (χ4n) is 1.53. The minimum absolute atomic E-state index is 0.0321. The van der Waals surface area contributed by atoms with Gasteiger partial charge in [0.1, 0.15) is 5.38 Å². The Morgan fingerprint density at radius 2 is 2.46 bits per heavy atom. The molecular formula is C9H15ClFNO. The summed E-state index contributed by atoms with van der Waals surface area (Å²) in [5.74, 6) is -0.00945. The first-order chi connectivity index (χ1) is 6.19. The first-order valence-corrected chi connectivity index (χ1v) is 5.11. The van der Waals surface area contributed by atoms with Crippen LogP contribution >= 0.6 is 11.6 Å². The van der Waals surface area contributed by atoms with Gasteiger partial charge in [0, 0.05) is 19.0 Å². The maximum absolute atomic E-state index is 12.2. The van der Waals surface area contributed by atoms with Crippen molar-refractivity contribution in [2.75, 3.05) is 19.8 Å². The van der Waals surface area contributed by atoms with Crippen molar-refractivity contribution in [2.24, 2.45) is 5.92 Å². The van der Waals surface area contributed by atoms with Crippen LogP contribution in [-0.4, -0.2) is 35.9 Å². The zero-order chi connectivity index (χ0) is 9.84. The Morgan fingerprint density at radius 1 is 1.77 bits per heavy atom. The van der Waals surface area contributed by atoms with Crippen LogP contribution in [0.5, 0.6) is 0 Å². The molecule has 1 saturated heterocycles. The van der Waals surface area contributed by atoms with E-state index in [-0.39, 0.29) is 18.5 Å². The van der Waals surface area contributed by atoms with Crippen molar-refractivity contribution in [3.05, 3.63) is 0 Å². The molecule has 0 aromatic carbocycles. The molecule has 1 aliphatic rings. The second-order valence-corrected chi connectivity index (χ2v) is 4.00. The van der Waals surface area contributed by atoms with Gasteiger partial charge in [0.05, 0.1) is 6.67 Å². The van der Waals surface area contributed by atoms with Crippen molar-refractivity contribution < 1.29 is 9.18 Å². The molecule has 1 amide bonds. The number of likely N-dealkylation sites (tertiary alicyclic amines) is 1. The van der Waals surface area contributed by atoms with Gasteiger partial charge in [-0.05, 0) is 12.8 Å². The number of carbonyl (C=O) groups excluding carboxylic acids is 1. The number of hydrogen-bond acceptors (Lipinski definition) is 1. The van der Waals surface area contributed by atoms with E-state index in [4.69, 9.17) is 11.6 Å². The minimum atomic E-state index is -0.432. The molecule has 0 bridgehead atoms. The van der Waals surface area contributed by atoms with E-state index in [1.165, 1.54) is 0 Å². The van der Waals surface area contributed by atoms with Gasteiger partial charge in [0.2, 0.25) is 5.91 Å². The van der Waals surface area contributed by atoms with E-state index < -0.39 is 5.38 Å². The summed E-state index contributed by atoms with van der Waals surface area (Å²) in [6.07, 6.45) is 1.41. The molecule has 0 N–H and O–H groups in total. The summed E-state index contributed by atoms with van der Waals surface area (Å²) in [7, 11) is 0. The summed E-state index contributed by atoms with van der Waals surface area (Å²) in [5.41, 5.74) is 0. The van der Waals surface area contributed by atoms with E-state index in [0.29, 0.717) is 19.5 Å². The largest absolute Gasteiger partial charge is 0.341 e. The Hall–Kier alpha value is -0.310. The first-order valence-electron chi connectivity index (χ1n) is 4.67. The second kappa shape index (κ2) is 4.80. The molecule has 1 fully saturated rings. The zero-order valence-corrected chi connectivity index (χ0v) is 8.56. The van der Waals surface area contributed by atoms with Gasteiger partial charge in [-0.25, -0.2) is 0 Å². The van der Waals surface area contributed by atoms with Crippen molar-refractivity contribution in [2.45, 2.75) is 25.1 Å². The molecule has 0 aliphatic carbocycles. The topological polar surface area (TPSA) is 20.3 Å². The number of halogens is 2. The molecule has 2 nitrogen and oxygen atoms in total. The highest BCUT2D eigenvalue weighted by Crippen LogP contribution is 2.19. The molecule has 0 spiro atoms. The molecule has 0 aromatic rings. The maximum atomic E-state index is 12.2. The van der Waals surface area contributed by atoms with Gasteiger partial charge in [-0.2, -0.15) is 0 Å². The lowest BCUT2D eigenvalue weighted by molar-refractivity contribution is -0.129. The Bertz CT molecular complexity index is 188. The maximum Gasteiger partial charge on any atom is 0.240 e. The summed E-state index contributed by atoms with van der Waals surface area (Å²) < 4.78 is 12.2. The van der Waals surface area contributed by atoms with Gasteiger partial charge in [0.15, 0.2) is 0 Å². The first kappa shape index (κ1) is 10.8. The van der Waals surface area contributed by atoms with Crippen LogP contribution in [0.2, 0.25) is 0 Å². The molecule has 0 aromatic heterocycles. The summed E-state index contributed by atoms with van der Waals surface area (Å²) in [6, 6.07) is 0. The van der Waals surface area contributed by atoms with Crippen LogP contribution in [0.3, 0.4) is 0 Å². The van der Waals surface area contributed by atoms with Crippen molar-refractivity contribution in [3.8, 4) is 0 Å². The molecular weight excluding hydrogens is 193 g/mol. The van der Waals surface area contributed by atoms with Crippen LogP contribution in [0.25, 0.3) is 0 Å². The molecule has 0 unspecified atom stereocenters. The Kier molecular flexibility index (Phi) is 3.97. The monoisotopic (exact) mass is 207 g/mol. The molecule has 0 saturated carbocycles. The number of nitrogens with zero attached hydrogens (tertiary/aromatic N) is 1. The van der Waals surface area contributed by atoms with Gasteiger partial charge in [0.25, 0.3) is 0 Å². The van der Waals surface area contributed by atoms with Gasteiger partial charge < -0.3 is 4.90 Å². The van der Waals surface area contributed by atoms with Gasteiger partial charge in [-0.15, -0.1) is 11.6 Å². The van der Waals surface area contributed by atoms with Gasteiger partial charge in [-0.1, -0.05) is 6.92 Å². The molecule has 0 radical (unpaired) electrons. The summed E-state index contributed by atoms with van der Waals surface area (Å²) in [4.78, 5) is 13.2. The minimum Gasteiger partial charge on any atom is -0.341 e. The van der Waals surface area contributed by atoms with Crippen molar-refractivity contribution in [1.29, 1.82) is 0 Å². The van der Waals surface area contributed by atoms with E-state index in [9.17, 15) is 9.18 Å². The fraction of sp³-hybridized carbons (Fsp3) is 0.889. The van der Waals surface area contributed by atoms with E-state index in [1.54, 1.807) is 4.90 Å². The highest BCUT2D eigenvalue weighted by molar-refractivity contribution is 6.30. The standard InChI is InChI=1S/C9H15ClFNO/c1-2-8(10)9(13)12-4-3-7(5-11)6-12/h7-8H,2-6H2,1H3/t7-,8-/m1/s1. The predicted molar refractivity (Wildman–Crippen MR) is 50.6 cm³/mol. The third-order valence-electron chi connectivity index (χ3n) is 2.44. The highest BCUT2D eigenvalue weighted by Gasteiger charge is 2.28.